The van der Waals surface area contributed by atoms with Gasteiger partial charge in [-0.1, -0.05) is 37.3 Å². The molecule has 0 atom stereocenters. The molecule has 3 rings (SSSR count). The Kier molecular flexibility index (Phi) is 6.28. The number of benzene rings is 1. The first-order valence-corrected chi connectivity index (χ1v) is 9.27. The van der Waals surface area contributed by atoms with Gasteiger partial charge in [0.15, 0.2) is 0 Å². The summed E-state index contributed by atoms with van der Waals surface area (Å²) in [7, 11) is 1.57. The second kappa shape index (κ2) is 8.85. The lowest BCUT2D eigenvalue weighted by molar-refractivity contribution is 0.0928. The molecule has 0 radical (unpaired) electrons. The van der Waals surface area contributed by atoms with Crippen LogP contribution in [0.3, 0.4) is 0 Å². The molecule has 0 unspecified atom stereocenters. The maximum absolute atomic E-state index is 12.5. The first-order valence-electron chi connectivity index (χ1n) is 8.89. The molecule has 26 heavy (non-hydrogen) atoms. The van der Waals surface area contributed by atoms with Crippen LogP contribution in [-0.2, 0) is 0 Å². The van der Waals surface area contributed by atoms with Crippen molar-refractivity contribution in [3.63, 3.8) is 0 Å². The van der Waals surface area contributed by atoms with Crippen molar-refractivity contribution in [2.24, 2.45) is 0 Å². The van der Waals surface area contributed by atoms with E-state index in [1.807, 2.05) is 6.07 Å². The normalized spacial score (nSPS) is 15.2. The highest BCUT2D eigenvalue weighted by molar-refractivity contribution is 6.32. The van der Waals surface area contributed by atoms with Crippen LogP contribution in [0.25, 0.3) is 0 Å². The molecule has 1 aliphatic rings. The SMILES string of the molecule is COc1ccc(Nc2cc(C(=O)NC3CCCCCC3)ncn2)cc1Cl. The lowest BCUT2D eigenvalue weighted by Crippen LogP contribution is -2.34. The van der Waals surface area contributed by atoms with Crippen molar-refractivity contribution in [2.45, 2.75) is 44.6 Å². The second-order valence-corrected chi connectivity index (χ2v) is 6.83. The standard InChI is InChI=1S/C19H23ClN4O2/c1-26-17-9-8-14(10-15(17)20)23-18-11-16(21-12-22-18)19(25)24-13-6-4-2-3-5-7-13/h8-13H,2-7H2,1H3,(H,24,25)(H,21,22,23). The lowest BCUT2D eigenvalue weighted by Gasteiger charge is -2.16. The predicted octanol–water partition coefficient (Wildman–Crippen LogP) is 4.33. The van der Waals surface area contributed by atoms with Gasteiger partial charge < -0.3 is 15.4 Å². The molecule has 0 bridgehead atoms. The fourth-order valence-corrected chi connectivity index (χ4v) is 3.38. The molecular formula is C19H23ClN4O2. The maximum atomic E-state index is 12.5. The van der Waals surface area contributed by atoms with Crippen LogP contribution < -0.4 is 15.4 Å². The van der Waals surface area contributed by atoms with Crippen LogP contribution in [0.1, 0.15) is 49.0 Å². The Bertz CT molecular complexity index is 761. The van der Waals surface area contributed by atoms with E-state index in [9.17, 15) is 4.79 Å². The number of amides is 1. The van der Waals surface area contributed by atoms with Gasteiger partial charge in [0.05, 0.1) is 12.1 Å². The van der Waals surface area contributed by atoms with E-state index in [1.54, 1.807) is 25.3 Å². The van der Waals surface area contributed by atoms with Crippen molar-refractivity contribution in [1.82, 2.24) is 15.3 Å². The predicted molar refractivity (Wildman–Crippen MR) is 102 cm³/mol. The summed E-state index contributed by atoms with van der Waals surface area (Å²) in [5.41, 5.74) is 1.11. The molecule has 1 saturated carbocycles. The van der Waals surface area contributed by atoms with Gasteiger partial charge in [-0.25, -0.2) is 9.97 Å². The zero-order valence-electron chi connectivity index (χ0n) is 14.8. The zero-order chi connectivity index (χ0) is 18.4. The number of nitrogens with one attached hydrogen (secondary N) is 2. The highest BCUT2D eigenvalue weighted by Crippen LogP contribution is 2.28. The fraction of sp³-hybridized carbons (Fsp3) is 0.421. The number of nitrogens with zero attached hydrogens (tertiary/aromatic N) is 2. The minimum Gasteiger partial charge on any atom is -0.495 e. The quantitative estimate of drug-likeness (QED) is 0.761. The third kappa shape index (κ3) is 4.85. The number of carbonyl (C=O) groups excluding carboxylic acids is 1. The smallest absolute Gasteiger partial charge is 0.270 e. The van der Waals surface area contributed by atoms with Gasteiger partial charge in [0.2, 0.25) is 0 Å². The number of aromatic nitrogens is 2. The van der Waals surface area contributed by atoms with Crippen molar-refractivity contribution >= 4 is 29.0 Å². The van der Waals surface area contributed by atoms with Gasteiger partial charge in [0, 0.05) is 17.8 Å². The van der Waals surface area contributed by atoms with E-state index >= 15 is 0 Å². The molecule has 0 saturated heterocycles. The molecule has 6 nitrogen and oxygen atoms in total. The van der Waals surface area contributed by atoms with Gasteiger partial charge >= 0.3 is 0 Å². The summed E-state index contributed by atoms with van der Waals surface area (Å²) >= 11 is 6.14. The van der Waals surface area contributed by atoms with Crippen molar-refractivity contribution in [3.8, 4) is 5.75 Å². The topological polar surface area (TPSA) is 76.1 Å². The summed E-state index contributed by atoms with van der Waals surface area (Å²) in [5, 5.41) is 6.73. The Hall–Kier alpha value is -2.34. The Morgan fingerprint density at radius 1 is 1.15 bits per heavy atom. The average Bonchev–Trinajstić information content (AvgIpc) is 2.91. The largest absolute Gasteiger partial charge is 0.495 e. The molecular weight excluding hydrogens is 352 g/mol. The third-order valence-corrected chi connectivity index (χ3v) is 4.81. The van der Waals surface area contributed by atoms with Crippen LogP contribution in [0.4, 0.5) is 11.5 Å². The fourth-order valence-electron chi connectivity index (χ4n) is 3.12. The highest BCUT2D eigenvalue weighted by atomic mass is 35.5. The molecule has 2 aromatic rings. The molecule has 0 aliphatic heterocycles. The average molecular weight is 375 g/mol. The van der Waals surface area contributed by atoms with E-state index in [0.29, 0.717) is 22.3 Å². The van der Waals surface area contributed by atoms with Gasteiger partial charge in [0.25, 0.3) is 5.91 Å². The monoisotopic (exact) mass is 374 g/mol. The van der Waals surface area contributed by atoms with E-state index in [-0.39, 0.29) is 11.9 Å². The van der Waals surface area contributed by atoms with Gasteiger partial charge in [-0.2, -0.15) is 0 Å². The van der Waals surface area contributed by atoms with E-state index < -0.39 is 0 Å². The summed E-state index contributed by atoms with van der Waals surface area (Å²) in [6.45, 7) is 0. The first-order chi connectivity index (χ1) is 12.7. The summed E-state index contributed by atoms with van der Waals surface area (Å²) < 4.78 is 5.14. The van der Waals surface area contributed by atoms with Crippen molar-refractivity contribution in [1.29, 1.82) is 0 Å². The number of ether oxygens (including phenoxy) is 1. The molecule has 1 heterocycles. The van der Waals surface area contributed by atoms with E-state index in [2.05, 4.69) is 20.6 Å². The van der Waals surface area contributed by atoms with E-state index in [4.69, 9.17) is 16.3 Å². The van der Waals surface area contributed by atoms with Crippen molar-refractivity contribution < 1.29 is 9.53 Å². The lowest BCUT2D eigenvalue weighted by atomic mass is 10.1. The third-order valence-electron chi connectivity index (χ3n) is 4.51. The van der Waals surface area contributed by atoms with Gasteiger partial charge in [-0.05, 0) is 31.0 Å². The second-order valence-electron chi connectivity index (χ2n) is 6.42. The van der Waals surface area contributed by atoms with Crippen LogP contribution in [0.5, 0.6) is 5.75 Å². The van der Waals surface area contributed by atoms with Crippen molar-refractivity contribution in [2.75, 3.05) is 12.4 Å². The minimum absolute atomic E-state index is 0.157. The summed E-state index contributed by atoms with van der Waals surface area (Å²) in [4.78, 5) is 20.8. The molecule has 2 N–H and O–H groups in total. The number of anilines is 2. The van der Waals surface area contributed by atoms with Crippen molar-refractivity contribution in [3.05, 3.63) is 41.3 Å². The Morgan fingerprint density at radius 2 is 1.92 bits per heavy atom. The Labute approximate surface area is 158 Å². The number of halogens is 1. The van der Waals surface area contributed by atoms with E-state index in [0.717, 1.165) is 18.5 Å². The van der Waals surface area contributed by atoms with Crippen LogP contribution >= 0.6 is 11.6 Å². The van der Waals surface area contributed by atoms with Crippen LogP contribution in [-0.4, -0.2) is 29.0 Å². The van der Waals surface area contributed by atoms with Gasteiger partial charge in [0.1, 0.15) is 23.6 Å². The number of carbonyl (C=O) groups is 1. The molecule has 1 aromatic carbocycles. The number of hydrogen-bond acceptors (Lipinski definition) is 5. The van der Waals surface area contributed by atoms with Crippen LogP contribution in [0.15, 0.2) is 30.6 Å². The molecule has 7 heteroatoms. The Morgan fingerprint density at radius 3 is 2.62 bits per heavy atom. The summed E-state index contributed by atoms with van der Waals surface area (Å²) in [6, 6.07) is 7.22. The summed E-state index contributed by atoms with van der Waals surface area (Å²) in [5.74, 6) is 0.978. The molecule has 1 fully saturated rings. The number of methoxy groups -OCH3 is 1. The molecule has 0 spiro atoms. The maximum Gasteiger partial charge on any atom is 0.270 e. The van der Waals surface area contributed by atoms with Crippen LogP contribution in [0, 0.1) is 0 Å². The number of rotatable bonds is 5. The van der Waals surface area contributed by atoms with Gasteiger partial charge in [-0.3, -0.25) is 4.79 Å². The number of hydrogen-bond donors (Lipinski definition) is 2. The van der Waals surface area contributed by atoms with Gasteiger partial charge in [-0.15, -0.1) is 0 Å². The Balaban J connectivity index is 1.67. The van der Waals surface area contributed by atoms with E-state index in [1.165, 1.54) is 32.0 Å². The first kappa shape index (κ1) is 18.5. The zero-order valence-corrected chi connectivity index (χ0v) is 15.6. The minimum atomic E-state index is -0.157. The highest BCUT2D eigenvalue weighted by Gasteiger charge is 2.17. The molecule has 1 amide bonds. The van der Waals surface area contributed by atoms with Crippen LogP contribution in [0.2, 0.25) is 5.02 Å². The molecule has 138 valence electrons. The summed E-state index contributed by atoms with van der Waals surface area (Å²) in [6.07, 6.45) is 8.28. The molecule has 1 aliphatic carbocycles. The molecule has 1 aromatic heterocycles.